The predicted molar refractivity (Wildman–Crippen MR) is 70.5 cm³/mol. The molecule has 110 valence electrons. The molecule has 0 aliphatic heterocycles. The normalized spacial score (nSPS) is 12.8. The second-order valence-corrected chi connectivity index (χ2v) is 4.43. The number of hydrogen-bond acceptors (Lipinski definition) is 3. The van der Waals surface area contributed by atoms with Crippen LogP contribution in [0.4, 0.5) is 18.9 Å². The molecule has 0 saturated carbocycles. The fraction of sp³-hybridized carbons (Fsp3) is 0.500. The molecule has 1 atom stereocenters. The molecular weight excluding hydrogens is 269 g/mol. The van der Waals surface area contributed by atoms with Crippen molar-refractivity contribution in [2.24, 2.45) is 0 Å². The number of hydrogen-bond donors (Lipinski definition) is 0. The molecule has 0 bridgehead atoms. The number of likely N-dealkylation sites (N-methyl/N-ethyl adjacent to an activating group) is 1. The van der Waals surface area contributed by atoms with E-state index in [1.807, 2.05) is 13.8 Å². The van der Waals surface area contributed by atoms with Crippen LogP contribution in [0.3, 0.4) is 0 Å². The first kappa shape index (κ1) is 16.3. The quantitative estimate of drug-likeness (QED) is 0.832. The topological polar surface area (TPSA) is 36.3 Å². The van der Waals surface area contributed by atoms with Gasteiger partial charge < -0.3 is 9.64 Å². The van der Waals surface area contributed by atoms with E-state index in [1.54, 1.807) is 18.1 Å². The van der Waals surface area contributed by atoms with E-state index in [9.17, 15) is 13.2 Å². The Morgan fingerprint density at radius 2 is 2.05 bits per heavy atom. The Bertz CT molecular complexity index is 494. The van der Waals surface area contributed by atoms with Gasteiger partial charge in [-0.3, -0.25) is 0 Å². The second kappa shape index (κ2) is 6.62. The van der Waals surface area contributed by atoms with Crippen LogP contribution in [0.2, 0.25) is 0 Å². The van der Waals surface area contributed by atoms with Gasteiger partial charge in [0, 0.05) is 25.4 Å². The van der Waals surface area contributed by atoms with Gasteiger partial charge in [0.25, 0.3) is 0 Å². The standard InChI is InChI=1S/C14H17F3N2O/c1-4-19(10(2)9-20-3)12-6-5-11(8-18)13(7-12)14(15,16)17/h5-7,10H,4,9H2,1-3H3. The molecule has 0 radical (unpaired) electrons. The summed E-state index contributed by atoms with van der Waals surface area (Å²) in [6.07, 6.45) is -4.54. The lowest BCUT2D eigenvalue weighted by Gasteiger charge is -2.30. The molecule has 1 aromatic rings. The Hall–Kier alpha value is -1.74. The Balaban J connectivity index is 3.23. The van der Waals surface area contributed by atoms with Crippen LogP contribution in [0.5, 0.6) is 0 Å². The Labute approximate surface area is 116 Å². The average molecular weight is 286 g/mol. The summed E-state index contributed by atoms with van der Waals surface area (Å²) in [5, 5.41) is 8.78. The summed E-state index contributed by atoms with van der Waals surface area (Å²) in [6.45, 7) is 4.69. The molecule has 3 nitrogen and oxygen atoms in total. The number of rotatable bonds is 5. The molecule has 0 aliphatic rings. The highest BCUT2D eigenvalue weighted by molar-refractivity contribution is 5.55. The van der Waals surface area contributed by atoms with Crippen LogP contribution >= 0.6 is 0 Å². The van der Waals surface area contributed by atoms with E-state index < -0.39 is 11.7 Å². The predicted octanol–water partition coefficient (Wildman–Crippen LogP) is 3.44. The lowest BCUT2D eigenvalue weighted by atomic mass is 10.1. The largest absolute Gasteiger partial charge is 0.417 e. The third kappa shape index (κ3) is 3.64. The number of benzene rings is 1. The molecule has 0 heterocycles. The van der Waals surface area contributed by atoms with Crippen LogP contribution in [0.25, 0.3) is 0 Å². The SMILES string of the molecule is CCN(c1ccc(C#N)c(C(F)(F)F)c1)C(C)COC. The van der Waals surface area contributed by atoms with Gasteiger partial charge in [-0.05, 0) is 32.0 Å². The monoisotopic (exact) mass is 286 g/mol. The van der Waals surface area contributed by atoms with E-state index in [4.69, 9.17) is 10.00 Å². The summed E-state index contributed by atoms with van der Waals surface area (Å²) in [6, 6.07) is 5.28. The van der Waals surface area contributed by atoms with Crippen LogP contribution in [0, 0.1) is 11.3 Å². The van der Waals surface area contributed by atoms with Gasteiger partial charge in [0.15, 0.2) is 0 Å². The molecule has 0 aliphatic carbocycles. The van der Waals surface area contributed by atoms with Gasteiger partial charge in [-0.15, -0.1) is 0 Å². The third-order valence-electron chi connectivity index (χ3n) is 3.04. The van der Waals surface area contributed by atoms with Gasteiger partial charge in [-0.25, -0.2) is 0 Å². The molecule has 0 spiro atoms. The molecule has 0 fully saturated rings. The molecule has 1 rings (SSSR count). The lowest BCUT2D eigenvalue weighted by Crippen LogP contribution is -2.36. The van der Waals surface area contributed by atoms with E-state index >= 15 is 0 Å². The molecule has 0 saturated heterocycles. The Kier molecular flexibility index (Phi) is 5.40. The maximum absolute atomic E-state index is 12.9. The van der Waals surface area contributed by atoms with Crippen molar-refractivity contribution in [3.05, 3.63) is 29.3 Å². The fourth-order valence-electron chi connectivity index (χ4n) is 2.12. The van der Waals surface area contributed by atoms with E-state index in [-0.39, 0.29) is 11.6 Å². The van der Waals surface area contributed by atoms with Crippen LogP contribution in [0.15, 0.2) is 18.2 Å². The van der Waals surface area contributed by atoms with Crippen LogP contribution in [-0.4, -0.2) is 26.3 Å². The van der Waals surface area contributed by atoms with Gasteiger partial charge in [0.2, 0.25) is 0 Å². The maximum atomic E-state index is 12.9. The minimum atomic E-state index is -4.54. The second-order valence-electron chi connectivity index (χ2n) is 4.43. The number of methoxy groups -OCH3 is 1. The molecule has 6 heteroatoms. The van der Waals surface area contributed by atoms with Gasteiger partial charge >= 0.3 is 6.18 Å². The molecule has 1 aromatic carbocycles. The van der Waals surface area contributed by atoms with Crippen molar-refractivity contribution in [2.75, 3.05) is 25.2 Å². The number of nitrogens with zero attached hydrogens (tertiary/aromatic N) is 2. The minimum absolute atomic E-state index is 0.0565. The summed E-state index contributed by atoms with van der Waals surface area (Å²) in [5.41, 5.74) is -0.833. The Morgan fingerprint density at radius 3 is 2.50 bits per heavy atom. The van der Waals surface area contributed by atoms with E-state index in [0.717, 1.165) is 6.07 Å². The van der Waals surface area contributed by atoms with Crippen molar-refractivity contribution in [3.63, 3.8) is 0 Å². The van der Waals surface area contributed by atoms with Crippen molar-refractivity contribution < 1.29 is 17.9 Å². The third-order valence-corrected chi connectivity index (χ3v) is 3.04. The first-order valence-electron chi connectivity index (χ1n) is 6.22. The summed E-state index contributed by atoms with van der Waals surface area (Å²) in [4.78, 5) is 1.81. The number of halogens is 3. The van der Waals surface area contributed by atoms with Crippen LogP contribution in [-0.2, 0) is 10.9 Å². The molecular formula is C14H17F3N2O. The van der Waals surface area contributed by atoms with Gasteiger partial charge in [-0.2, -0.15) is 18.4 Å². The highest BCUT2D eigenvalue weighted by atomic mass is 19.4. The van der Waals surface area contributed by atoms with Gasteiger partial charge in [0.05, 0.1) is 23.8 Å². The van der Waals surface area contributed by atoms with Crippen molar-refractivity contribution in [3.8, 4) is 6.07 Å². The smallest absolute Gasteiger partial charge is 0.383 e. The number of ether oxygens (including phenoxy) is 1. The van der Waals surface area contributed by atoms with Crippen LogP contribution < -0.4 is 4.90 Å². The number of anilines is 1. The zero-order valence-electron chi connectivity index (χ0n) is 11.7. The fourth-order valence-corrected chi connectivity index (χ4v) is 2.12. The van der Waals surface area contributed by atoms with Crippen LogP contribution in [0.1, 0.15) is 25.0 Å². The highest BCUT2D eigenvalue weighted by Gasteiger charge is 2.34. The summed E-state index contributed by atoms with van der Waals surface area (Å²) in [5.74, 6) is 0. The van der Waals surface area contributed by atoms with Crippen molar-refractivity contribution >= 4 is 5.69 Å². The minimum Gasteiger partial charge on any atom is -0.383 e. The Morgan fingerprint density at radius 1 is 1.40 bits per heavy atom. The molecule has 20 heavy (non-hydrogen) atoms. The maximum Gasteiger partial charge on any atom is 0.417 e. The average Bonchev–Trinajstić information content (AvgIpc) is 2.38. The molecule has 0 aromatic heterocycles. The van der Waals surface area contributed by atoms with Crippen molar-refractivity contribution in [1.82, 2.24) is 0 Å². The lowest BCUT2D eigenvalue weighted by molar-refractivity contribution is -0.137. The zero-order valence-corrected chi connectivity index (χ0v) is 11.7. The van der Waals surface area contributed by atoms with Crippen molar-refractivity contribution in [2.45, 2.75) is 26.1 Å². The molecule has 1 unspecified atom stereocenters. The number of alkyl halides is 3. The van der Waals surface area contributed by atoms with E-state index in [0.29, 0.717) is 18.8 Å². The molecule has 0 amide bonds. The molecule has 0 N–H and O–H groups in total. The number of nitriles is 1. The summed E-state index contributed by atoms with van der Waals surface area (Å²) in [7, 11) is 1.55. The zero-order chi connectivity index (χ0) is 15.3. The first-order valence-corrected chi connectivity index (χ1v) is 6.22. The van der Waals surface area contributed by atoms with E-state index in [1.165, 1.54) is 12.1 Å². The summed E-state index contributed by atoms with van der Waals surface area (Å²) >= 11 is 0. The van der Waals surface area contributed by atoms with Gasteiger partial charge in [-0.1, -0.05) is 0 Å². The highest BCUT2D eigenvalue weighted by Crippen LogP contribution is 2.34. The van der Waals surface area contributed by atoms with Gasteiger partial charge in [0.1, 0.15) is 0 Å². The first-order chi connectivity index (χ1) is 9.35. The van der Waals surface area contributed by atoms with Crippen molar-refractivity contribution in [1.29, 1.82) is 5.26 Å². The van der Waals surface area contributed by atoms with E-state index in [2.05, 4.69) is 0 Å². The summed E-state index contributed by atoms with van der Waals surface area (Å²) < 4.78 is 43.8.